The van der Waals surface area contributed by atoms with Gasteiger partial charge in [0.1, 0.15) is 11.8 Å². The van der Waals surface area contributed by atoms with Crippen LogP contribution in [0.3, 0.4) is 0 Å². The lowest BCUT2D eigenvalue weighted by molar-refractivity contribution is -0.137. The van der Waals surface area contributed by atoms with Crippen LogP contribution in [0.2, 0.25) is 0 Å². The number of rotatable bonds is 4. The van der Waals surface area contributed by atoms with Crippen molar-refractivity contribution in [2.24, 2.45) is 5.92 Å². The Morgan fingerprint density at radius 3 is 2.55 bits per heavy atom. The molecule has 3 atom stereocenters. The number of carbonyl (C=O) groups is 1. The fourth-order valence-electron chi connectivity index (χ4n) is 4.71. The highest BCUT2D eigenvalue weighted by atomic mass is 19.4. The quantitative estimate of drug-likeness (QED) is 0.575. The largest absolute Gasteiger partial charge is 0.472 e. The van der Waals surface area contributed by atoms with Crippen molar-refractivity contribution in [2.75, 3.05) is 6.54 Å². The lowest BCUT2D eigenvalue weighted by atomic mass is 9.77. The zero-order valence-corrected chi connectivity index (χ0v) is 17.6. The minimum Gasteiger partial charge on any atom is -0.472 e. The Bertz CT molecular complexity index is 1140. The van der Waals surface area contributed by atoms with Crippen molar-refractivity contribution in [3.05, 3.63) is 72.3 Å². The van der Waals surface area contributed by atoms with Crippen LogP contribution in [0, 0.1) is 5.92 Å². The fraction of sp³-hybridized carbons (Fsp3) is 0.333. The molecule has 6 rings (SSSR count). The van der Waals surface area contributed by atoms with E-state index in [1.807, 2.05) is 24.3 Å². The third-order valence-corrected chi connectivity index (χ3v) is 6.27. The standard InChI is InChI=1S/C24H21F3N4O2/c25-24(26,27)16-7-9-21(30-13-16)33-20-12-15-6-8-19(20)31(14-15)23(32)22-17(4-3-11-29-22)18-5-1-2-10-28-18/h1-5,7,9-11,13,15,19-20H,6,8,12,14H2. The van der Waals surface area contributed by atoms with Gasteiger partial charge in [-0.05, 0) is 55.5 Å². The zero-order chi connectivity index (χ0) is 23.0. The van der Waals surface area contributed by atoms with E-state index < -0.39 is 11.7 Å². The number of ether oxygens (including phenoxy) is 1. The van der Waals surface area contributed by atoms with Gasteiger partial charge in [-0.3, -0.25) is 14.8 Å². The van der Waals surface area contributed by atoms with Gasteiger partial charge in [-0.15, -0.1) is 0 Å². The molecule has 1 amide bonds. The monoisotopic (exact) mass is 454 g/mol. The van der Waals surface area contributed by atoms with Gasteiger partial charge in [0.2, 0.25) is 5.88 Å². The van der Waals surface area contributed by atoms with Crippen LogP contribution in [0.25, 0.3) is 11.3 Å². The summed E-state index contributed by atoms with van der Waals surface area (Å²) in [6.45, 7) is 0.599. The molecule has 2 bridgehead atoms. The van der Waals surface area contributed by atoms with Gasteiger partial charge in [0.05, 0.1) is 17.3 Å². The third kappa shape index (κ3) is 4.27. The van der Waals surface area contributed by atoms with Crippen LogP contribution in [-0.2, 0) is 6.18 Å². The highest BCUT2D eigenvalue weighted by molar-refractivity contribution is 5.98. The summed E-state index contributed by atoms with van der Waals surface area (Å²) in [5, 5.41) is 0. The molecule has 5 heterocycles. The Kier molecular flexibility index (Phi) is 5.47. The molecule has 0 radical (unpaired) electrons. The Morgan fingerprint density at radius 2 is 1.85 bits per heavy atom. The van der Waals surface area contributed by atoms with Gasteiger partial charge in [0.25, 0.3) is 5.91 Å². The molecule has 1 aliphatic carbocycles. The molecule has 2 aliphatic heterocycles. The second-order valence-electron chi connectivity index (χ2n) is 8.36. The van der Waals surface area contributed by atoms with Crippen molar-refractivity contribution >= 4 is 5.91 Å². The first kappa shape index (κ1) is 21.4. The second kappa shape index (κ2) is 8.46. The zero-order valence-electron chi connectivity index (χ0n) is 17.6. The fourth-order valence-corrected chi connectivity index (χ4v) is 4.71. The molecule has 9 heteroatoms. The lowest BCUT2D eigenvalue weighted by Gasteiger charge is -2.49. The van der Waals surface area contributed by atoms with Crippen LogP contribution in [0.15, 0.2) is 61.1 Å². The molecule has 0 aromatic carbocycles. The Hall–Kier alpha value is -3.49. The van der Waals surface area contributed by atoms with Gasteiger partial charge in [0, 0.05) is 36.8 Å². The molecule has 1 saturated carbocycles. The molecule has 3 unspecified atom stereocenters. The van der Waals surface area contributed by atoms with E-state index in [9.17, 15) is 18.0 Å². The normalized spacial score (nSPS) is 22.3. The minimum atomic E-state index is -4.45. The summed E-state index contributed by atoms with van der Waals surface area (Å²) in [5.41, 5.74) is 0.827. The molecule has 3 aromatic rings. The maximum atomic E-state index is 13.6. The van der Waals surface area contributed by atoms with Crippen molar-refractivity contribution in [2.45, 2.75) is 37.6 Å². The third-order valence-electron chi connectivity index (χ3n) is 6.27. The second-order valence-corrected chi connectivity index (χ2v) is 8.36. The van der Waals surface area contributed by atoms with Crippen molar-refractivity contribution in [3.8, 4) is 17.1 Å². The number of hydrogen-bond acceptors (Lipinski definition) is 5. The predicted molar refractivity (Wildman–Crippen MR) is 113 cm³/mol. The van der Waals surface area contributed by atoms with Gasteiger partial charge < -0.3 is 9.64 Å². The number of fused-ring (bicyclic) bond motifs is 3. The molecular weight excluding hydrogens is 433 g/mol. The van der Waals surface area contributed by atoms with Crippen LogP contribution in [0.4, 0.5) is 13.2 Å². The predicted octanol–water partition coefficient (Wildman–Crippen LogP) is 4.63. The van der Waals surface area contributed by atoms with Crippen molar-refractivity contribution in [1.29, 1.82) is 0 Å². The SMILES string of the molecule is O=C(c1ncccc1-c1ccccn1)N1CC2CCC1C(Oc1ccc(C(F)(F)F)cn1)C2. The average Bonchev–Trinajstić information content (AvgIpc) is 2.84. The van der Waals surface area contributed by atoms with Crippen LogP contribution in [0.5, 0.6) is 5.88 Å². The van der Waals surface area contributed by atoms with E-state index in [1.54, 1.807) is 23.4 Å². The molecule has 3 aliphatic rings. The van der Waals surface area contributed by atoms with E-state index in [1.165, 1.54) is 6.07 Å². The van der Waals surface area contributed by atoms with Crippen LogP contribution in [0.1, 0.15) is 35.3 Å². The maximum Gasteiger partial charge on any atom is 0.417 e. The molecule has 33 heavy (non-hydrogen) atoms. The van der Waals surface area contributed by atoms with Gasteiger partial charge >= 0.3 is 6.18 Å². The number of carbonyl (C=O) groups excluding carboxylic acids is 1. The van der Waals surface area contributed by atoms with Crippen LogP contribution < -0.4 is 4.74 Å². The molecule has 170 valence electrons. The number of amides is 1. The number of alkyl halides is 3. The van der Waals surface area contributed by atoms with Crippen molar-refractivity contribution in [3.63, 3.8) is 0 Å². The summed E-state index contributed by atoms with van der Waals surface area (Å²) in [4.78, 5) is 27.9. The number of nitrogens with zero attached hydrogens (tertiary/aromatic N) is 4. The van der Waals surface area contributed by atoms with Crippen molar-refractivity contribution < 1.29 is 22.7 Å². The highest BCUT2D eigenvalue weighted by Crippen LogP contribution is 2.38. The lowest BCUT2D eigenvalue weighted by Crippen LogP contribution is -2.59. The Morgan fingerprint density at radius 1 is 1.00 bits per heavy atom. The molecule has 6 nitrogen and oxygen atoms in total. The molecule has 0 spiro atoms. The number of halogens is 3. The summed E-state index contributed by atoms with van der Waals surface area (Å²) in [6.07, 6.45) is 1.69. The summed E-state index contributed by atoms with van der Waals surface area (Å²) in [7, 11) is 0. The molecule has 3 aromatic heterocycles. The summed E-state index contributed by atoms with van der Waals surface area (Å²) in [6, 6.07) is 11.1. The van der Waals surface area contributed by atoms with E-state index in [0.717, 1.165) is 31.5 Å². The number of aromatic nitrogens is 3. The van der Waals surface area contributed by atoms with E-state index >= 15 is 0 Å². The average molecular weight is 454 g/mol. The topological polar surface area (TPSA) is 68.2 Å². The van der Waals surface area contributed by atoms with Crippen LogP contribution in [-0.4, -0.2) is 44.4 Å². The summed E-state index contributed by atoms with van der Waals surface area (Å²) in [5.74, 6) is 0.181. The first-order chi connectivity index (χ1) is 15.9. The highest BCUT2D eigenvalue weighted by Gasteiger charge is 2.45. The number of hydrogen-bond donors (Lipinski definition) is 0. The van der Waals surface area contributed by atoms with E-state index in [0.29, 0.717) is 23.5 Å². The molecule has 2 saturated heterocycles. The van der Waals surface area contributed by atoms with Gasteiger partial charge in [0.15, 0.2) is 0 Å². The molecule has 3 fully saturated rings. The van der Waals surface area contributed by atoms with Gasteiger partial charge in [-0.25, -0.2) is 4.98 Å². The smallest absolute Gasteiger partial charge is 0.417 e. The summed E-state index contributed by atoms with van der Waals surface area (Å²) < 4.78 is 44.4. The maximum absolute atomic E-state index is 13.6. The molecule has 0 N–H and O–H groups in total. The first-order valence-corrected chi connectivity index (χ1v) is 10.8. The van der Waals surface area contributed by atoms with E-state index in [-0.39, 0.29) is 29.9 Å². The number of pyridine rings is 3. The Balaban J connectivity index is 1.38. The van der Waals surface area contributed by atoms with Gasteiger partial charge in [-0.1, -0.05) is 6.07 Å². The summed E-state index contributed by atoms with van der Waals surface area (Å²) >= 11 is 0. The molecular formula is C24H21F3N4O2. The van der Waals surface area contributed by atoms with Crippen molar-refractivity contribution in [1.82, 2.24) is 19.9 Å². The Labute approximate surface area is 188 Å². The van der Waals surface area contributed by atoms with E-state index in [2.05, 4.69) is 15.0 Å². The van der Waals surface area contributed by atoms with E-state index in [4.69, 9.17) is 4.74 Å². The minimum absolute atomic E-state index is 0.125. The first-order valence-electron chi connectivity index (χ1n) is 10.8. The van der Waals surface area contributed by atoms with Crippen LogP contribution >= 0.6 is 0 Å². The number of piperidine rings is 2. The van der Waals surface area contributed by atoms with Gasteiger partial charge in [-0.2, -0.15) is 13.2 Å².